The molecule has 1 saturated heterocycles. The summed E-state index contributed by atoms with van der Waals surface area (Å²) in [5.41, 5.74) is 1.58. The zero-order valence-electron chi connectivity index (χ0n) is 25.0. The number of benzene rings is 2. The Bertz CT molecular complexity index is 1260. The van der Waals surface area contributed by atoms with Crippen LogP contribution in [0.3, 0.4) is 0 Å². The van der Waals surface area contributed by atoms with Crippen molar-refractivity contribution in [3.8, 4) is 0 Å². The summed E-state index contributed by atoms with van der Waals surface area (Å²) in [6.45, 7) is 6.01. The average Bonchev–Trinajstić information content (AvgIpc) is 3.56. The molecule has 4 rings (SSSR count). The third kappa shape index (κ3) is 6.67. The van der Waals surface area contributed by atoms with Gasteiger partial charge in [0, 0.05) is 32.7 Å². The van der Waals surface area contributed by atoms with Crippen molar-refractivity contribution in [1.82, 2.24) is 10.2 Å². The lowest BCUT2D eigenvalue weighted by Crippen LogP contribution is -2.49. The molecule has 226 valence electrons. The number of hydrogen-bond acceptors (Lipinski definition) is 5. The van der Waals surface area contributed by atoms with Crippen LogP contribution < -0.4 is 10.2 Å². The van der Waals surface area contributed by atoms with Gasteiger partial charge in [0.05, 0.1) is 5.41 Å². The van der Waals surface area contributed by atoms with Crippen LogP contribution in [0.5, 0.6) is 0 Å². The third-order valence-electron chi connectivity index (χ3n) is 8.61. The Kier molecular flexibility index (Phi) is 10.0. The summed E-state index contributed by atoms with van der Waals surface area (Å²) in [5, 5.41) is 12.8. The summed E-state index contributed by atoms with van der Waals surface area (Å²) in [7, 11) is 1.60. The van der Waals surface area contributed by atoms with Crippen molar-refractivity contribution in [2.75, 3.05) is 18.6 Å². The molecule has 2 aliphatic rings. The number of carboxylic acid groups (broad SMARTS) is 1. The van der Waals surface area contributed by atoms with Gasteiger partial charge < -0.3 is 20.1 Å². The van der Waals surface area contributed by atoms with Gasteiger partial charge in [-0.3, -0.25) is 19.3 Å². The summed E-state index contributed by atoms with van der Waals surface area (Å²) < 4.78 is 5.22. The third-order valence-corrected chi connectivity index (χ3v) is 8.61. The van der Waals surface area contributed by atoms with Gasteiger partial charge in [-0.25, -0.2) is 4.79 Å². The Balaban J connectivity index is 1.58. The number of aliphatic carboxylic acids is 1. The fourth-order valence-electron chi connectivity index (χ4n) is 6.43. The summed E-state index contributed by atoms with van der Waals surface area (Å²) in [6.07, 6.45) is 3.96. The van der Waals surface area contributed by atoms with Gasteiger partial charge in [-0.15, -0.1) is 0 Å². The van der Waals surface area contributed by atoms with Crippen molar-refractivity contribution in [3.63, 3.8) is 0 Å². The molecule has 0 bridgehead atoms. The molecular weight excluding hydrogens is 534 g/mol. The first-order valence-corrected chi connectivity index (χ1v) is 14.9. The molecule has 0 aromatic heterocycles. The highest BCUT2D eigenvalue weighted by molar-refractivity contribution is 6.03. The van der Waals surface area contributed by atoms with Crippen LogP contribution in [0, 0.1) is 11.3 Å². The van der Waals surface area contributed by atoms with Crippen molar-refractivity contribution >= 4 is 29.4 Å². The van der Waals surface area contributed by atoms with Gasteiger partial charge in [-0.2, -0.15) is 0 Å². The summed E-state index contributed by atoms with van der Waals surface area (Å²) >= 11 is 0. The SMILES string of the molecule is COCCC1(C(=O)NC(Cc2ccc(N3C(=O)C(CC(C)C)N(C(C)=O)C3c3ccccc3)cc2)C(=O)O)CCCC1. The summed E-state index contributed by atoms with van der Waals surface area (Å²) in [4.78, 5) is 55.6. The van der Waals surface area contributed by atoms with Gasteiger partial charge in [0.25, 0.3) is 5.91 Å². The van der Waals surface area contributed by atoms with Crippen molar-refractivity contribution in [2.24, 2.45) is 11.3 Å². The highest BCUT2D eigenvalue weighted by Gasteiger charge is 2.48. The topological polar surface area (TPSA) is 116 Å². The molecular formula is C33H43N3O6. The number of methoxy groups -OCH3 is 1. The number of nitrogens with one attached hydrogen (secondary N) is 1. The minimum absolute atomic E-state index is 0.104. The maximum atomic E-state index is 13.8. The molecule has 1 heterocycles. The van der Waals surface area contributed by atoms with E-state index >= 15 is 0 Å². The van der Waals surface area contributed by atoms with E-state index in [0.29, 0.717) is 30.7 Å². The number of amides is 3. The van der Waals surface area contributed by atoms with Crippen LogP contribution >= 0.6 is 0 Å². The van der Waals surface area contributed by atoms with E-state index in [4.69, 9.17) is 4.74 Å². The van der Waals surface area contributed by atoms with Gasteiger partial charge >= 0.3 is 5.97 Å². The molecule has 2 aromatic rings. The summed E-state index contributed by atoms with van der Waals surface area (Å²) in [5.74, 6) is -1.43. The predicted molar refractivity (Wildman–Crippen MR) is 160 cm³/mol. The number of carbonyl (C=O) groups is 4. The minimum Gasteiger partial charge on any atom is -0.480 e. The average molecular weight is 578 g/mol. The van der Waals surface area contributed by atoms with Gasteiger partial charge in [0.1, 0.15) is 18.2 Å². The molecule has 2 fully saturated rings. The van der Waals surface area contributed by atoms with Gasteiger partial charge in [-0.05, 0) is 54.9 Å². The maximum absolute atomic E-state index is 13.8. The monoisotopic (exact) mass is 577 g/mol. The van der Waals surface area contributed by atoms with Crippen molar-refractivity contribution in [2.45, 2.75) is 84.0 Å². The van der Waals surface area contributed by atoms with E-state index in [-0.39, 0.29) is 30.1 Å². The lowest BCUT2D eigenvalue weighted by atomic mass is 9.81. The van der Waals surface area contributed by atoms with Crippen molar-refractivity contribution in [1.29, 1.82) is 0 Å². The number of carboxylic acids is 1. The van der Waals surface area contributed by atoms with Crippen LogP contribution in [-0.2, 0) is 30.3 Å². The second kappa shape index (κ2) is 13.5. The molecule has 2 N–H and O–H groups in total. The highest BCUT2D eigenvalue weighted by Crippen LogP contribution is 2.42. The molecule has 1 saturated carbocycles. The van der Waals surface area contributed by atoms with E-state index in [2.05, 4.69) is 5.32 Å². The van der Waals surface area contributed by atoms with Crippen LogP contribution in [0.25, 0.3) is 0 Å². The Morgan fingerprint density at radius 2 is 1.69 bits per heavy atom. The molecule has 0 radical (unpaired) electrons. The van der Waals surface area contributed by atoms with Gasteiger partial charge in [0.15, 0.2) is 0 Å². The standard InChI is InChI=1S/C33H43N3O6/c1-22(2)20-28-30(38)36(29(35(28)23(3)37)25-10-6-5-7-11-25)26-14-12-24(13-15-26)21-27(31(39)40)34-32(41)33(18-19-42-4)16-8-9-17-33/h5-7,10-15,22,27-29H,8-9,16-21H2,1-4H3,(H,34,41)(H,39,40). The lowest BCUT2D eigenvalue weighted by molar-refractivity contribution is -0.144. The molecule has 2 aromatic carbocycles. The first-order valence-electron chi connectivity index (χ1n) is 14.9. The molecule has 1 aliphatic carbocycles. The van der Waals surface area contributed by atoms with Crippen molar-refractivity contribution < 1.29 is 29.0 Å². The van der Waals surface area contributed by atoms with Crippen LogP contribution in [0.15, 0.2) is 54.6 Å². The zero-order valence-corrected chi connectivity index (χ0v) is 25.0. The quantitative estimate of drug-likeness (QED) is 0.378. The number of carbonyl (C=O) groups excluding carboxylic acids is 3. The molecule has 3 amide bonds. The van der Waals surface area contributed by atoms with E-state index in [1.165, 1.54) is 6.92 Å². The lowest BCUT2D eigenvalue weighted by Gasteiger charge is -2.31. The first kappa shape index (κ1) is 31.2. The maximum Gasteiger partial charge on any atom is 0.326 e. The Hall–Kier alpha value is -3.72. The number of nitrogens with zero attached hydrogens (tertiary/aromatic N) is 2. The van der Waals surface area contributed by atoms with E-state index in [1.807, 2.05) is 44.2 Å². The predicted octanol–water partition coefficient (Wildman–Crippen LogP) is 4.70. The van der Waals surface area contributed by atoms with Crippen LogP contribution in [-0.4, -0.2) is 59.5 Å². The largest absolute Gasteiger partial charge is 0.480 e. The summed E-state index contributed by atoms with van der Waals surface area (Å²) in [6, 6.07) is 15.0. The minimum atomic E-state index is -1.10. The molecule has 42 heavy (non-hydrogen) atoms. The van der Waals surface area contributed by atoms with Crippen LogP contribution in [0.2, 0.25) is 0 Å². The van der Waals surface area contributed by atoms with E-state index in [9.17, 15) is 24.3 Å². The molecule has 3 atom stereocenters. The highest BCUT2D eigenvalue weighted by atomic mass is 16.5. The first-order chi connectivity index (χ1) is 20.1. The Morgan fingerprint density at radius 3 is 2.24 bits per heavy atom. The smallest absolute Gasteiger partial charge is 0.326 e. The van der Waals surface area contributed by atoms with E-state index in [1.54, 1.807) is 41.2 Å². The normalized spacial score (nSPS) is 20.6. The fraction of sp³-hybridized carbons (Fsp3) is 0.515. The van der Waals surface area contributed by atoms with Crippen LogP contribution in [0.1, 0.15) is 76.6 Å². The number of hydrogen-bond donors (Lipinski definition) is 2. The van der Waals surface area contributed by atoms with Crippen LogP contribution in [0.4, 0.5) is 5.69 Å². The Morgan fingerprint density at radius 1 is 1.05 bits per heavy atom. The molecule has 0 spiro atoms. The van der Waals surface area contributed by atoms with Crippen molar-refractivity contribution in [3.05, 3.63) is 65.7 Å². The second-order valence-electron chi connectivity index (χ2n) is 12.0. The van der Waals surface area contributed by atoms with Gasteiger partial charge in [-0.1, -0.05) is 69.2 Å². The molecule has 9 heteroatoms. The Labute approximate surface area is 248 Å². The fourth-order valence-corrected chi connectivity index (χ4v) is 6.43. The van der Waals surface area contributed by atoms with E-state index < -0.39 is 29.6 Å². The van der Waals surface area contributed by atoms with E-state index in [0.717, 1.165) is 31.2 Å². The number of anilines is 1. The zero-order chi connectivity index (χ0) is 30.4. The van der Waals surface area contributed by atoms with Gasteiger partial charge in [0.2, 0.25) is 11.8 Å². The number of ether oxygens (including phenoxy) is 1. The molecule has 9 nitrogen and oxygen atoms in total. The molecule has 3 unspecified atom stereocenters. The number of rotatable bonds is 12. The molecule has 1 aliphatic heterocycles. The second-order valence-corrected chi connectivity index (χ2v) is 12.0.